The molecule has 1 saturated carbocycles. The molecule has 1 aliphatic carbocycles. The third kappa shape index (κ3) is 8.59. The van der Waals surface area contributed by atoms with E-state index in [0.717, 1.165) is 68.4 Å². The topological polar surface area (TPSA) is 185 Å². The molecule has 5 aromatic rings. The maximum absolute atomic E-state index is 14.1. The second-order valence-corrected chi connectivity index (χ2v) is 19.4. The zero-order valence-corrected chi connectivity index (χ0v) is 36.0. The molecule has 2 aromatic carbocycles. The van der Waals surface area contributed by atoms with Crippen LogP contribution in [0.3, 0.4) is 0 Å². The highest BCUT2D eigenvalue weighted by atomic mass is 32.2. The highest BCUT2D eigenvalue weighted by molar-refractivity contribution is 7.90. The van der Waals surface area contributed by atoms with Crippen LogP contribution in [0.5, 0.6) is 11.5 Å². The Morgan fingerprint density at radius 2 is 1.79 bits per heavy atom. The zero-order chi connectivity index (χ0) is 43.0. The number of benzene rings is 2. The molecule has 4 fully saturated rings. The summed E-state index contributed by atoms with van der Waals surface area (Å²) in [4.78, 5) is 41.6. The van der Waals surface area contributed by atoms with Crippen molar-refractivity contribution in [2.24, 2.45) is 11.3 Å². The second kappa shape index (κ2) is 17.3. The number of nitrogens with zero attached hydrogens (tertiary/aromatic N) is 5. The number of H-pyrrole nitrogens is 1. The zero-order valence-electron chi connectivity index (χ0n) is 35.2. The maximum Gasteiger partial charge on any atom is 0.312 e. The summed E-state index contributed by atoms with van der Waals surface area (Å²) in [6.07, 6.45) is 12.6. The van der Waals surface area contributed by atoms with Crippen LogP contribution in [0, 0.1) is 21.4 Å². The molecular formula is C46H54N8O7S. The minimum atomic E-state index is -4.57. The smallest absolute Gasteiger partial charge is 0.312 e. The summed E-state index contributed by atoms with van der Waals surface area (Å²) in [6, 6.07) is 19.6. The standard InChI is InChI=1S/C46H54N8O7S/c1-30(2)37-6-3-4-7-38(37)40-8-5-17-53(40)33-25-46(26-33)14-18-52(19-15-46)41-23-34(61-35-22-32-11-16-47-43(32)49-28-35)9-10-39(41)45(55)51-62(58,59)36-24-42(54(56)57)44(50-29-36)48-27-31-12-20-60-21-13-31/h3-4,6-7,9-11,16,22-24,28-31,33,40H,5,8,12-15,17-21,25-27H2,1-2H3,(H,47,49)(H,48,50)(H,51,55). The Hall–Kier alpha value is -5.58. The van der Waals surface area contributed by atoms with Crippen LogP contribution in [0.25, 0.3) is 11.0 Å². The molecule has 326 valence electrons. The number of hydrogen-bond donors (Lipinski definition) is 3. The molecule has 3 aromatic heterocycles. The molecule has 9 rings (SSSR count). The highest BCUT2D eigenvalue weighted by Gasteiger charge is 2.50. The Bertz CT molecular complexity index is 2560. The highest BCUT2D eigenvalue weighted by Crippen LogP contribution is 2.54. The first-order chi connectivity index (χ1) is 29.9. The van der Waals surface area contributed by atoms with Crippen LogP contribution < -0.4 is 19.7 Å². The van der Waals surface area contributed by atoms with Gasteiger partial charge in [0, 0.05) is 68.6 Å². The molecule has 3 saturated heterocycles. The molecule has 3 aliphatic heterocycles. The molecular weight excluding hydrogens is 809 g/mol. The third-order valence-electron chi connectivity index (χ3n) is 13.5. The Morgan fingerprint density at radius 3 is 2.56 bits per heavy atom. The van der Waals surface area contributed by atoms with Gasteiger partial charge in [0.2, 0.25) is 5.82 Å². The maximum atomic E-state index is 14.1. The van der Waals surface area contributed by atoms with Crippen LogP contribution in [-0.2, 0) is 14.8 Å². The molecule has 62 heavy (non-hydrogen) atoms. The Balaban J connectivity index is 0.924. The second-order valence-electron chi connectivity index (χ2n) is 17.8. The number of aromatic nitrogens is 3. The summed E-state index contributed by atoms with van der Waals surface area (Å²) in [5.74, 6) is 0.795. The summed E-state index contributed by atoms with van der Waals surface area (Å²) in [5, 5.41) is 16.0. The molecule has 1 amide bonds. The van der Waals surface area contributed by atoms with E-state index < -0.39 is 31.4 Å². The van der Waals surface area contributed by atoms with E-state index in [4.69, 9.17) is 9.47 Å². The lowest BCUT2D eigenvalue weighted by atomic mass is 9.59. The van der Waals surface area contributed by atoms with Gasteiger partial charge >= 0.3 is 5.69 Å². The van der Waals surface area contributed by atoms with Crippen LogP contribution >= 0.6 is 0 Å². The van der Waals surface area contributed by atoms with Gasteiger partial charge in [0.25, 0.3) is 15.9 Å². The molecule has 0 radical (unpaired) electrons. The first-order valence-electron chi connectivity index (χ1n) is 21.8. The van der Waals surface area contributed by atoms with Crippen molar-refractivity contribution >= 4 is 44.2 Å². The van der Waals surface area contributed by atoms with Crippen molar-refractivity contribution in [3.05, 3.63) is 106 Å². The Labute approximate surface area is 361 Å². The fraction of sp³-hybridized carbons (Fsp3) is 0.457. The van der Waals surface area contributed by atoms with Gasteiger partial charge in [-0.15, -0.1) is 0 Å². The van der Waals surface area contributed by atoms with Gasteiger partial charge in [0.05, 0.1) is 28.6 Å². The molecule has 1 atom stereocenters. The van der Waals surface area contributed by atoms with Gasteiger partial charge in [0.15, 0.2) is 0 Å². The summed E-state index contributed by atoms with van der Waals surface area (Å²) < 4.78 is 41.3. The molecule has 6 heterocycles. The lowest BCUT2D eigenvalue weighted by molar-refractivity contribution is -0.384. The molecule has 0 bridgehead atoms. The number of fused-ring (bicyclic) bond motifs is 1. The number of piperidine rings is 1. The third-order valence-corrected chi connectivity index (χ3v) is 14.8. The van der Waals surface area contributed by atoms with Crippen molar-refractivity contribution in [3.8, 4) is 11.5 Å². The van der Waals surface area contributed by atoms with E-state index in [1.165, 1.54) is 24.0 Å². The van der Waals surface area contributed by atoms with Crippen LogP contribution in [0.1, 0.15) is 98.7 Å². The van der Waals surface area contributed by atoms with Crippen molar-refractivity contribution in [2.45, 2.75) is 88.1 Å². The number of rotatable bonds is 13. The number of aromatic amines is 1. The van der Waals surface area contributed by atoms with E-state index in [9.17, 15) is 23.3 Å². The predicted molar refractivity (Wildman–Crippen MR) is 236 cm³/mol. The minimum absolute atomic E-state index is 0.0344. The van der Waals surface area contributed by atoms with Gasteiger partial charge in [-0.2, -0.15) is 0 Å². The SMILES string of the molecule is CC(C)c1ccccc1C1CCCN1C1CC2(CCN(c3cc(Oc4cnc5[nH]ccc5c4)ccc3C(=O)NS(=O)(=O)c3cnc(NCC4CCOCC4)c([N+](=O)[O-])c3)CC2)C1. The molecule has 16 heteroatoms. The average molecular weight is 863 g/mol. The number of carbonyl (C=O) groups is 1. The van der Waals surface area contributed by atoms with Gasteiger partial charge in [-0.3, -0.25) is 19.8 Å². The number of amides is 1. The molecule has 4 aliphatic rings. The van der Waals surface area contributed by atoms with Gasteiger partial charge in [0.1, 0.15) is 22.0 Å². The van der Waals surface area contributed by atoms with Crippen LogP contribution in [0.2, 0.25) is 0 Å². The summed E-state index contributed by atoms with van der Waals surface area (Å²) >= 11 is 0. The Kier molecular flexibility index (Phi) is 11.6. The van der Waals surface area contributed by atoms with E-state index in [2.05, 4.69) is 72.9 Å². The summed E-state index contributed by atoms with van der Waals surface area (Å²) in [7, 11) is -4.57. The van der Waals surface area contributed by atoms with Gasteiger partial charge in [-0.1, -0.05) is 38.1 Å². The minimum Gasteiger partial charge on any atom is -0.456 e. The number of likely N-dealkylation sites (tertiary alicyclic amines) is 1. The number of pyridine rings is 2. The summed E-state index contributed by atoms with van der Waals surface area (Å²) in [5.41, 5.74) is 4.03. The van der Waals surface area contributed by atoms with Crippen LogP contribution in [-0.4, -0.2) is 84.5 Å². The van der Waals surface area contributed by atoms with Crippen molar-refractivity contribution < 1.29 is 27.6 Å². The number of nitro groups is 1. The van der Waals surface area contributed by atoms with Gasteiger partial charge in [-0.25, -0.2) is 23.1 Å². The molecule has 15 nitrogen and oxygen atoms in total. The van der Waals surface area contributed by atoms with E-state index in [0.29, 0.717) is 68.0 Å². The lowest BCUT2D eigenvalue weighted by Crippen LogP contribution is -2.55. The molecule has 1 spiro atoms. The van der Waals surface area contributed by atoms with E-state index in [1.54, 1.807) is 30.6 Å². The Morgan fingerprint density at radius 1 is 1.00 bits per heavy atom. The van der Waals surface area contributed by atoms with E-state index >= 15 is 0 Å². The fourth-order valence-electron chi connectivity index (χ4n) is 10.1. The van der Waals surface area contributed by atoms with Gasteiger partial charge in [-0.05, 0) is 111 Å². The number of nitrogens with one attached hydrogen (secondary N) is 3. The fourth-order valence-corrected chi connectivity index (χ4v) is 11.1. The lowest BCUT2D eigenvalue weighted by Gasteiger charge is -2.56. The number of hydrogen-bond acceptors (Lipinski definition) is 12. The van der Waals surface area contributed by atoms with Crippen molar-refractivity contribution in [1.82, 2.24) is 24.6 Å². The quantitative estimate of drug-likeness (QED) is 0.0761. The number of sulfonamides is 1. The van der Waals surface area contributed by atoms with Crippen LogP contribution in [0.15, 0.2) is 84.1 Å². The van der Waals surface area contributed by atoms with Crippen molar-refractivity contribution in [1.29, 1.82) is 0 Å². The van der Waals surface area contributed by atoms with E-state index in [-0.39, 0.29) is 22.7 Å². The van der Waals surface area contributed by atoms with E-state index in [1.807, 2.05) is 12.1 Å². The van der Waals surface area contributed by atoms with Crippen molar-refractivity contribution in [2.75, 3.05) is 49.6 Å². The summed E-state index contributed by atoms with van der Waals surface area (Å²) in [6.45, 7) is 8.69. The first kappa shape index (κ1) is 41.8. The predicted octanol–water partition coefficient (Wildman–Crippen LogP) is 8.33. The number of ether oxygens (including phenoxy) is 2. The monoisotopic (exact) mass is 862 g/mol. The van der Waals surface area contributed by atoms with Crippen molar-refractivity contribution in [3.63, 3.8) is 0 Å². The molecule has 3 N–H and O–H groups in total. The molecule has 1 unspecified atom stereocenters. The number of carbonyl (C=O) groups excluding carboxylic acids is 1. The normalized spacial score (nSPS) is 19.8. The average Bonchev–Trinajstić information content (AvgIpc) is 3.95. The first-order valence-corrected chi connectivity index (χ1v) is 23.3. The number of anilines is 2. The van der Waals surface area contributed by atoms with Crippen LogP contribution in [0.4, 0.5) is 17.2 Å². The van der Waals surface area contributed by atoms with Gasteiger partial charge < -0.3 is 24.7 Å². The largest absolute Gasteiger partial charge is 0.456 e.